The predicted octanol–water partition coefficient (Wildman–Crippen LogP) is 5.24. The van der Waals surface area contributed by atoms with Crippen LogP contribution in [0, 0.1) is 5.92 Å². The quantitative estimate of drug-likeness (QED) is 0.446. The topological polar surface area (TPSA) is 66.5 Å². The number of halogens is 3. The van der Waals surface area contributed by atoms with E-state index in [1.54, 1.807) is 30.0 Å². The Labute approximate surface area is 208 Å². The van der Waals surface area contributed by atoms with Gasteiger partial charge in [0.25, 0.3) is 0 Å². The van der Waals surface area contributed by atoms with E-state index in [-0.39, 0.29) is 17.6 Å². The van der Waals surface area contributed by atoms with Gasteiger partial charge in [-0.1, -0.05) is 59.1 Å². The number of benzene rings is 2. The molecule has 0 aromatic heterocycles. The summed E-state index contributed by atoms with van der Waals surface area (Å²) in [4.78, 5) is 12.5. The molecule has 1 N–H and O–H groups in total. The SMILES string of the molecule is O=C(NCCSCc1ccccc1Cl)C1CCN(S(=O)(=O)Cc2ccc(Cl)c(Cl)c2)CC1. The summed E-state index contributed by atoms with van der Waals surface area (Å²) in [5.74, 6) is 1.27. The first kappa shape index (κ1) is 25.7. The molecule has 2 aromatic carbocycles. The third-order valence-corrected chi connectivity index (χ3v) is 9.28. The first-order valence-corrected chi connectivity index (χ1v) is 14.2. The minimum absolute atomic E-state index is 0.00938. The number of carbonyl (C=O) groups is 1. The number of thioether (sulfide) groups is 1. The van der Waals surface area contributed by atoms with Gasteiger partial charge < -0.3 is 5.32 Å². The number of rotatable bonds is 9. The van der Waals surface area contributed by atoms with Crippen molar-refractivity contribution in [1.82, 2.24) is 9.62 Å². The highest BCUT2D eigenvalue weighted by Gasteiger charge is 2.31. The summed E-state index contributed by atoms with van der Waals surface area (Å²) in [6.07, 6.45) is 1.03. The monoisotopic (exact) mass is 534 g/mol. The second-order valence-electron chi connectivity index (χ2n) is 7.61. The summed E-state index contributed by atoms with van der Waals surface area (Å²) in [5.41, 5.74) is 1.67. The Hall–Kier alpha value is -0.960. The van der Waals surface area contributed by atoms with Gasteiger partial charge in [0, 0.05) is 42.1 Å². The van der Waals surface area contributed by atoms with Crippen LogP contribution in [-0.4, -0.2) is 44.0 Å². The fourth-order valence-corrected chi connectivity index (χ4v) is 6.53. The van der Waals surface area contributed by atoms with Gasteiger partial charge in [0.1, 0.15) is 0 Å². The number of sulfonamides is 1. The van der Waals surface area contributed by atoms with Gasteiger partial charge in [-0.25, -0.2) is 12.7 Å². The minimum Gasteiger partial charge on any atom is -0.355 e. The molecule has 5 nitrogen and oxygen atoms in total. The second kappa shape index (κ2) is 12.0. The maximum atomic E-state index is 12.7. The standard InChI is InChI=1S/C22H25Cl3N2O3S2/c23-19-4-2-1-3-18(19)14-31-12-9-26-22(28)17-7-10-27(11-8-17)32(29,30)15-16-5-6-20(24)21(25)13-16/h1-6,13,17H,7-12,14-15H2,(H,26,28). The van der Waals surface area contributed by atoms with E-state index in [1.165, 1.54) is 4.31 Å². The second-order valence-corrected chi connectivity index (χ2v) is 11.9. The van der Waals surface area contributed by atoms with Crippen LogP contribution in [0.3, 0.4) is 0 Å². The number of hydrogen-bond acceptors (Lipinski definition) is 4. The van der Waals surface area contributed by atoms with Crippen molar-refractivity contribution in [2.75, 3.05) is 25.4 Å². The molecule has 0 aliphatic carbocycles. The van der Waals surface area contributed by atoms with E-state index in [0.717, 1.165) is 22.1 Å². The molecule has 0 bridgehead atoms. The van der Waals surface area contributed by atoms with Crippen LogP contribution in [0.1, 0.15) is 24.0 Å². The molecule has 0 spiro atoms. The average molecular weight is 536 g/mol. The molecule has 0 atom stereocenters. The third-order valence-electron chi connectivity index (χ3n) is 5.31. The lowest BCUT2D eigenvalue weighted by atomic mass is 9.97. The zero-order valence-corrected chi connectivity index (χ0v) is 21.3. The summed E-state index contributed by atoms with van der Waals surface area (Å²) in [7, 11) is -3.48. The van der Waals surface area contributed by atoms with Gasteiger partial charge >= 0.3 is 0 Å². The lowest BCUT2D eigenvalue weighted by molar-refractivity contribution is -0.125. The molecule has 32 heavy (non-hydrogen) atoms. The van der Waals surface area contributed by atoms with Crippen LogP contribution in [0.25, 0.3) is 0 Å². The van der Waals surface area contributed by atoms with E-state index in [4.69, 9.17) is 34.8 Å². The fraction of sp³-hybridized carbons (Fsp3) is 0.409. The molecular weight excluding hydrogens is 511 g/mol. The van der Waals surface area contributed by atoms with E-state index in [0.29, 0.717) is 48.1 Å². The Morgan fingerprint density at radius 2 is 1.75 bits per heavy atom. The van der Waals surface area contributed by atoms with Crippen LogP contribution in [0.2, 0.25) is 15.1 Å². The van der Waals surface area contributed by atoms with E-state index in [2.05, 4.69) is 5.32 Å². The van der Waals surface area contributed by atoms with Crippen molar-refractivity contribution >= 4 is 62.5 Å². The number of nitrogens with one attached hydrogen (secondary N) is 1. The average Bonchev–Trinajstić information content (AvgIpc) is 2.77. The first-order valence-electron chi connectivity index (χ1n) is 10.3. The number of hydrogen-bond donors (Lipinski definition) is 1. The molecular formula is C22H25Cl3N2O3S2. The summed E-state index contributed by atoms with van der Waals surface area (Å²) in [6.45, 7) is 1.25. The van der Waals surface area contributed by atoms with Crippen LogP contribution in [0.5, 0.6) is 0 Å². The van der Waals surface area contributed by atoms with Crippen molar-refractivity contribution in [2.24, 2.45) is 5.92 Å². The molecule has 0 radical (unpaired) electrons. The van der Waals surface area contributed by atoms with Crippen molar-refractivity contribution in [3.8, 4) is 0 Å². The molecule has 1 saturated heterocycles. The molecule has 1 heterocycles. The molecule has 1 aliphatic rings. The van der Waals surface area contributed by atoms with E-state index in [1.807, 2.05) is 24.3 Å². The molecule has 1 fully saturated rings. The summed E-state index contributed by atoms with van der Waals surface area (Å²) >= 11 is 19.7. The van der Waals surface area contributed by atoms with Crippen LogP contribution in [-0.2, 0) is 26.3 Å². The third kappa shape index (κ3) is 7.27. The fourth-order valence-electron chi connectivity index (χ4n) is 3.52. The molecule has 1 aliphatic heterocycles. The first-order chi connectivity index (χ1) is 15.3. The van der Waals surface area contributed by atoms with Gasteiger partial charge in [-0.05, 0) is 42.2 Å². The zero-order valence-electron chi connectivity index (χ0n) is 17.4. The number of carbonyl (C=O) groups excluding carboxylic acids is 1. The number of amides is 1. The molecule has 3 rings (SSSR count). The summed E-state index contributed by atoms with van der Waals surface area (Å²) in [6, 6.07) is 12.6. The van der Waals surface area contributed by atoms with Crippen molar-refractivity contribution in [3.05, 3.63) is 68.7 Å². The van der Waals surface area contributed by atoms with Gasteiger partial charge in [-0.3, -0.25) is 4.79 Å². The predicted molar refractivity (Wildman–Crippen MR) is 134 cm³/mol. The normalized spacial score (nSPS) is 15.6. The van der Waals surface area contributed by atoms with Gasteiger partial charge in [0.05, 0.1) is 15.8 Å². The lowest BCUT2D eigenvalue weighted by Gasteiger charge is -2.30. The van der Waals surface area contributed by atoms with E-state index < -0.39 is 10.0 Å². The number of nitrogens with zero attached hydrogens (tertiary/aromatic N) is 1. The molecule has 0 saturated carbocycles. The summed E-state index contributed by atoms with van der Waals surface area (Å²) in [5, 5.41) is 4.45. The Balaban J connectivity index is 1.39. The Morgan fingerprint density at radius 3 is 2.44 bits per heavy atom. The minimum atomic E-state index is -3.48. The highest BCUT2D eigenvalue weighted by molar-refractivity contribution is 7.98. The van der Waals surface area contributed by atoms with Gasteiger partial charge in [-0.2, -0.15) is 11.8 Å². The largest absolute Gasteiger partial charge is 0.355 e. The van der Waals surface area contributed by atoms with Crippen LogP contribution in [0.15, 0.2) is 42.5 Å². The van der Waals surface area contributed by atoms with Gasteiger partial charge in [0.2, 0.25) is 15.9 Å². The zero-order chi connectivity index (χ0) is 23.1. The number of piperidine rings is 1. The molecule has 2 aromatic rings. The van der Waals surface area contributed by atoms with Crippen LogP contribution < -0.4 is 5.32 Å². The highest BCUT2D eigenvalue weighted by Crippen LogP contribution is 2.26. The molecule has 174 valence electrons. The van der Waals surface area contributed by atoms with E-state index >= 15 is 0 Å². The molecule has 0 unspecified atom stereocenters. The van der Waals surface area contributed by atoms with Crippen LogP contribution in [0.4, 0.5) is 0 Å². The van der Waals surface area contributed by atoms with E-state index in [9.17, 15) is 13.2 Å². The lowest BCUT2D eigenvalue weighted by Crippen LogP contribution is -2.43. The Kier molecular flexibility index (Phi) is 9.58. The smallest absolute Gasteiger partial charge is 0.223 e. The highest BCUT2D eigenvalue weighted by atomic mass is 35.5. The molecule has 10 heteroatoms. The van der Waals surface area contributed by atoms with Gasteiger partial charge in [0.15, 0.2) is 0 Å². The Bertz CT molecular complexity index is 1040. The van der Waals surface area contributed by atoms with Crippen molar-refractivity contribution in [2.45, 2.75) is 24.3 Å². The maximum Gasteiger partial charge on any atom is 0.223 e. The van der Waals surface area contributed by atoms with Gasteiger partial charge in [-0.15, -0.1) is 0 Å². The van der Waals surface area contributed by atoms with Crippen molar-refractivity contribution in [3.63, 3.8) is 0 Å². The van der Waals surface area contributed by atoms with Crippen molar-refractivity contribution in [1.29, 1.82) is 0 Å². The Morgan fingerprint density at radius 1 is 1.03 bits per heavy atom. The molecule has 1 amide bonds. The van der Waals surface area contributed by atoms with Crippen molar-refractivity contribution < 1.29 is 13.2 Å². The maximum absolute atomic E-state index is 12.7. The summed E-state index contributed by atoms with van der Waals surface area (Å²) < 4.78 is 27.0. The van der Waals surface area contributed by atoms with Crippen LogP contribution >= 0.6 is 46.6 Å².